The Morgan fingerprint density at radius 2 is 2.35 bits per heavy atom. The third kappa shape index (κ3) is 2.12. The minimum atomic E-state index is -1.06. The predicted molar refractivity (Wildman–Crippen MR) is 70.8 cm³/mol. The fraction of sp³-hybridized carbons (Fsp3) is 0.400. The van der Waals surface area contributed by atoms with Crippen molar-refractivity contribution in [2.24, 2.45) is 5.73 Å². The minimum Gasteiger partial charge on any atom is -0.465 e. The number of rotatable bonds is 2. The number of nitrogens with two attached hydrogens (primary N) is 1. The summed E-state index contributed by atoms with van der Waals surface area (Å²) in [4.78, 5) is 31.3. The number of aromatic nitrogens is 2. The molecular weight excluding hydrogens is 286 g/mol. The molecule has 1 fully saturated rings. The smallest absolute Gasteiger partial charge is 0.417 e. The average molecular weight is 297 g/mol. The van der Waals surface area contributed by atoms with E-state index in [1.807, 2.05) is 0 Å². The van der Waals surface area contributed by atoms with Crippen molar-refractivity contribution in [1.82, 2.24) is 9.97 Å². The molecule has 1 saturated heterocycles. The number of fused-ring (bicyclic) bond motifs is 1. The summed E-state index contributed by atoms with van der Waals surface area (Å²) in [5.41, 5.74) is 5.51. The van der Waals surface area contributed by atoms with Crippen LogP contribution in [-0.2, 0) is 9.53 Å². The van der Waals surface area contributed by atoms with Gasteiger partial charge in [-0.1, -0.05) is 0 Å². The molecule has 106 valence electrons. The fourth-order valence-corrected chi connectivity index (χ4v) is 2.05. The summed E-state index contributed by atoms with van der Waals surface area (Å²) in [6, 6.07) is 0. The summed E-state index contributed by atoms with van der Waals surface area (Å²) in [6.45, 7) is 0.0873. The number of cyclic esters (lactones) is 1. The number of ether oxygens (including phenoxy) is 2. The molecule has 0 bridgehead atoms. The third-order valence-corrected chi connectivity index (χ3v) is 3.24. The van der Waals surface area contributed by atoms with Crippen LogP contribution in [0.3, 0.4) is 0 Å². The molecule has 0 saturated carbocycles. The number of thiol groups is 1. The second-order valence-corrected chi connectivity index (χ2v) is 5.14. The largest absolute Gasteiger partial charge is 0.465 e. The lowest BCUT2D eigenvalue weighted by atomic mass is 10.3. The van der Waals surface area contributed by atoms with Gasteiger partial charge in [0.25, 0.3) is 11.8 Å². The van der Waals surface area contributed by atoms with Gasteiger partial charge in [-0.15, -0.1) is 12.6 Å². The molecule has 3 heterocycles. The van der Waals surface area contributed by atoms with Crippen molar-refractivity contribution < 1.29 is 19.1 Å². The molecule has 0 unspecified atom stereocenters. The van der Waals surface area contributed by atoms with E-state index in [9.17, 15) is 9.59 Å². The molecule has 10 heteroatoms. The standard InChI is InChI=1S/C10H11N5O4S/c11-3-10(20)4-15(9(17)19-10)5-1-12-8-7(13-5)14-6(16)2-18-8/h1,20H,2-4,11H2,(H,13,14,16)/t10-/m1/s1. The van der Waals surface area contributed by atoms with Gasteiger partial charge >= 0.3 is 6.09 Å². The summed E-state index contributed by atoms with van der Waals surface area (Å²) in [5.74, 6) is 0.259. The highest BCUT2D eigenvalue weighted by Crippen LogP contribution is 2.31. The molecule has 3 N–H and O–H groups in total. The first-order valence-electron chi connectivity index (χ1n) is 5.73. The maximum atomic E-state index is 11.8. The fourth-order valence-electron chi connectivity index (χ4n) is 1.83. The zero-order chi connectivity index (χ0) is 14.3. The Balaban J connectivity index is 1.90. The molecular formula is C10H11N5O4S. The molecule has 2 aliphatic rings. The molecule has 0 radical (unpaired) electrons. The van der Waals surface area contributed by atoms with Gasteiger partial charge in [0.2, 0.25) is 0 Å². The highest BCUT2D eigenvalue weighted by molar-refractivity contribution is 7.81. The number of hydrogen-bond donors (Lipinski definition) is 3. The highest BCUT2D eigenvalue weighted by Gasteiger charge is 2.43. The normalized spacial score (nSPS) is 24.8. The van der Waals surface area contributed by atoms with Crippen LogP contribution in [0.1, 0.15) is 0 Å². The van der Waals surface area contributed by atoms with E-state index in [-0.39, 0.29) is 43.1 Å². The van der Waals surface area contributed by atoms with Crippen LogP contribution in [0.4, 0.5) is 16.4 Å². The van der Waals surface area contributed by atoms with E-state index >= 15 is 0 Å². The van der Waals surface area contributed by atoms with Crippen molar-refractivity contribution in [1.29, 1.82) is 0 Å². The summed E-state index contributed by atoms with van der Waals surface area (Å²) in [5, 5.41) is 2.51. The number of carbonyl (C=O) groups excluding carboxylic acids is 2. The van der Waals surface area contributed by atoms with Crippen LogP contribution in [0.25, 0.3) is 0 Å². The lowest BCUT2D eigenvalue weighted by Crippen LogP contribution is -2.36. The molecule has 1 aromatic rings. The second kappa shape index (κ2) is 4.49. The maximum absolute atomic E-state index is 11.8. The summed E-state index contributed by atoms with van der Waals surface area (Å²) in [6.07, 6.45) is 0.732. The Bertz CT molecular complexity index is 597. The van der Waals surface area contributed by atoms with Crippen LogP contribution in [0.2, 0.25) is 0 Å². The lowest BCUT2D eigenvalue weighted by molar-refractivity contribution is -0.118. The summed E-state index contributed by atoms with van der Waals surface area (Å²) in [7, 11) is 0. The van der Waals surface area contributed by atoms with Crippen LogP contribution < -0.4 is 20.7 Å². The third-order valence-electron chi connectivity index (χ3n) is 2.82. The number of amides is 2. The van der Waals surface area contributed by atoms with Gasteiger partial charge in [0.05, 0.1) is 12.7 Å². The van der Waals surface area contributed by atoms with Crippen LogP contribution in [0.5, 0.6) is 5.88 Å². The van der Waals surface area contributed by atoms with Crippen molar-refractivity contribution >= 4 is 36.3 Å². The van der Waals surface area contributed by atoms with E-state index in [1.54, 1.807) is 0 Å². The number of anilines is 2. The Morgan fingerprint density at radius 3 is 3.05 bits per heavy atom. The SMILES string of the molecule is NC[C@@]1(S)CN(c2cnc3c(n2)NC(=O)CO3)C(=O)O1. The molecule has 0 aromatic carbocycles. The lowest BCUT2D eigenvalue weighted by Gasteiger charge is -2.19. The van der Waals surface area contributed by atoms with Gasteiger partial charge in [-0.2, -0.15) is 0 Å². The van der Waals surface area contributed by atoms with E-state index in [2.05, 4.69) is 27.9 Å². The molecule has 2 aliphatic heterocycles. The van der Waals surface area contributed by atoms with Gasteiger partial charge in [0, 0.05) is 6.54 Å². The number of hydrogen-bond acceptors (Lipinski definition) is 8. The van der Waals surface area contributed by atoms with Crippen molar-refractivity contribution in [2.45, 2.75) is 4.93 Å². The zero-order valence-electron chi connectivity index (χ0n) is 10.2. The molecule has 1 aromatic heterocycles. The first-order chi connectivity index (χ1) is 9.50. The monoisotopic (exact) mass is 297 g/mol. The van der Waals surface area contributed by atoms with Gasteiger partial charge in [-0.3, -0.25) is 9.69 Å². The highest BCUT2D eigenvalue weighted by atomic mass is 32.1. The molecule has 9 nitrogen and oxygen atoms in total. The summed E-state index contributed by atoms with van der Waals surface area (Å²) >= 11 is 4.21. The number of nitrogens with zero attached hydrogens (tertiary/aromatic N) is 3. The Morgan fingerprint density at radius 1 is 1.55 bits per heavy atom. The quantitative estimate of drug-likeness (QED) is 0.620. The number of nitrogens with one attached hydrogen (secondary N) is 1. The average Bonchev–Trinajstić information content (AvgIpc) is 2.74. The van der Waals surface area contributed by atoms with Crippen molar-refractivity contribution in [3.05, 3.63) is 6.20 Å². The van der Waals surface area contributed by atoms with Crippen LogP contribution in [0, 0.1) is 0 Å². The van der Waals surface area contributed by atoms with Crippen molar-refractivity contribution in [3.63, 3.8) is 0 Å². The van der Waals surface area contributed by atoms with Gasteiger partial charge < -0.3 is 20.5 Å². The first kappa shape index (κ1) is 12.9. The summed E-state index contributed by atoms with van der Waals surface area (Å²) < 4.78 is 10.2. The van der Waals surface area contributed by atoms with E-state index in [0.29, 0.717) is 0 Å². The Hall–Kier alpha value is -2.07. The van der Waals surface area contributed by atoms with Crippen LogP contribution >= 0.6 is 12.6 Å². The maximum Gasteiger partial charge on any atom is 0.417 e. The molecule has 20 heavy (non-hydrogen) atoms. The molecule has 3 rings (SSSR count). The molecule has 0 spiro atoms. The van der Waals surface area contributed by atoms with E-state index < -0.39 is 11.0 Å². The van der Waals surface area contributed by atoms with Crippen molar-refractivity contribution in [2.75, 3.05) is 29.9 Å². The van der Waals surface area contributed by atoms with Crippen LogP contribution in [0.15, 0.2) is 6.20 Å². The van der Waals surface area contributed by atoms with Gasteiger partial charge in [-0.05, 0) is 0 Å². The van der Waals surface area contributed by atoms with Gasteiger partial charge in [0.1, 0.15) is 0 Å². The first-order valence-corrected chi connectivity index (χ1v) is 6.18. The van der Waals surface area contributed by atoms with E-state index in [4.69, 9.17) is 15.2 Å². The van der Waals surface area contributed by atoms with E-state index in [1.165, 1.54) is 11.1 Å². The molecule has 1 atom stereocenters. The predicted octanol–water partition coefficient (Wildman–Crippen LogP) is -0.651. The minimum absolute atomic E-state index is 0.0660. The Labute approximate surface area is 118 Å². The van der Waals surface area contributed by atoms with Gasteiger partial charge in [-0.25, -0.2) is 14.8 Å². The number of carbonyl (C=O) groups is 2. The second-order valence-electron chi connectivity index (χ2n) is 4.32. The zero-order valence-corrected chi connectivity index (χ0v) is 11.1. The topological polar surface area (TPSA) is 120 Å². The van der Waals surface area contributed by atoms with Crippen molar-refractivity contribution in [3.8, 4) is 5.88 Å². The Kier molecular flexibility index (Phi) is 2.91. The van der Waals surface area contributed by atoms with E-state index in [0.717, 1.165) is 0 Å². The molecule has 2 amide bonds. The molecule has 0 aliphatic carbocycles. The van der Waals surface area contributed by atoms with Gasteiger partial charge in [0.15, 0.2) is 23.2 Å². The van der Waals surface area contributed by atoms with Crippen LogP contribution in [-0.4, -0.2) is 46.6 Å².